The van der Waals surface area contributed by atoms with Crippen molar-refractivity contribution < 1.29 is 0 Å². The SMILES string of the molecule is CC1(C)c2cc(N)ccc2-c2cc3c(cc21)-c1ccc(N)cc1C3(C)C. The maximum atomic E-state index is 6.09. The summed E-state index contributed by atoms with van der Waals surface area (Å²) in [6.45, 7) is 9.20. The van der Waals surface area contributed by atoms with Crippen LogP contribution in [-0.4, -0.2) is 0 Å². The van der Waals surface area contributed by atoms with Crippen LogP contribution in [0.25, 0.3) is 22.3 Å². The number of benzene rings is 3. The maximum absolute atomic E-state index is 6.09. The van der Waals surface area contributed by atoms with Crippen LogP contribution >= 0.6 is 0 Å². The molecule has 3 aromatic rings. The van der Waals surface area contributed by atoms with E-state index in [2.05, 4.69) is 64.1 Å². The van der Waals surface area contributed by atoms with Crippen molar-refractivity contribution in [3.05, 3.63) is 70.8 Å². The van der Waals surface area contributed by atoms with Gasteiger partial charge in [0, 0.05) is 22.2 Å². The molecule has 0 amide bonds. The van der Waals surface area contributed by atoms with Crippen LogP contribution in [0.2, 0.25) is 0 Å². The van der Waals surface area contributed by atoms with Crippen LogP contribution in [0.3, 0.4) is 0 Å². The lowest BCUT2D eigenvalue weighted by Crippen LogP contribution is -2.17. The van der Waals surface area contributed by atoms with Crippen molar-refractivity contribution in [2.24, 2.45) is 0 Å². The molecule has 0 atom stereocenters. The van der Waals surface area contributed by atoms with Gasteiger partial charge in [-0.1, -0.05) is 39.8 Å². The topological polar surface area (TPSA) is 52.0 Å². The summed E-state index contributed by atoms with van der Waals surface area (Å²) >= 11 is 0. The van der Waals surface area contributed by atoms with Crippen molar-refractivity contribution in [3.63, 3.8) is 0 Å². The highest BCUT2D eigenvalue weighted by atomic mass is 14.6. The molecular weight excluding hydrogens is 316 g/mol. The Hall–Kier alpha value is -2.74. The van der Waals surface area contributed by atoms with Crippen LogP contribution in [0.4, 0.5) is 11.4 Å². The molecular formula is C24H24N2. The zero-order chi connectivity index (χ0) is 18.4. The molecule has 26 heavy (non-hydrogen) atoms. The van der Waals surface area contributed by atoms with Crippen molar-refractivity contribution in [2.45, 2.75) is 38.5 Å². The first-order valence-electron chi connectivity index (χ1n) is 9.21. The van der Waals surface area contributed by atoms with Crippen molar-refractivity contribution in [1.82, 2.24) is 0 Å². The molecule has 0 heterocycles. The quantitative estimate of drug-likeness (QED) is 0.534. The fourth-order valence-electron chi connectivity index (χ4n) is 5.00. The summed E-state index contributed by atoms with van der Waals surface area (Å²) in [5, 5.41) is 0. The van der Waals surface area contributed by atoms with E-state index < -0.39 is 0 Å². The molecule has 4 N–H and O–H groups in total. The molecule has 0 radical (unpaired) electrons. The molecule has 2 aliphatic rings. The Morgan fingerprint density at radius 2 is 0.846 bits per heavy atom. The van der Waals surface area contributed by atoms with Gasteiger partial charge < -0.3 is 11.5 Å². The van der Waals surface area contributed by atoms with Crippen molar-refractivity contribution >= 4 is 11.4 Å². The van der Waals surface area contributed by atoms with E-state index in [-0.39, 0.29) is 10.8 Å². The maximum Gasteiger partial charge on any atom is 0.0317 e. The lowest BCUT2D eigenvalue weighted by atomic mass is 9.79. The number of hydrogen-bond acceptors (Lipinski definition) is 2. The summed E-state index contributed by atoms with van der Waals surface area (Å²) in [4.78, 5) is 0. The minimum absolute atomic E-state index is 0.0459. The average Bonchev–Trinajstić information content (AvgIpc) is 2.93. The lowest BCUT2D eigenvalue weighted by Gasteiger charge is -2.24. The van der Waals surface area contributed by atoms with Gasteiger partial charge in [0.25, 0.3) is 0 Å². The zero-order valence-electron chi connectivity index (χ0n) is 15.8. The second-order valence-corrected chi connectivity index (χ2v) is 8.80. The van der Waals surface area contributed by atoms with Crippen LogP contribution in [0.15, 0.2) is 48.5 Å². The van der Waals surface area contributed by atoms with Gasteiger partial charge in [-0.05, 0) is 80.9 Å². The predicted molar refractivity (Wildman–Crippen MR) is 110 cm³/mol. The Morgan fingerprint density at radius 1 is 0.500 bits per heavy atom. The van der Waals surface area contributed by atoms with Crippen LogP contribution < -0.4 is 11.5 Å². The molecule has 0 fully saturated rings. The largest absolute Gasteiger partial charge is 0.399 e. The van der Waals surface area contributed by atoms with Gasteiger partial charge in [-0.25, -0.2) is 0 Å². The van der Waals surface area contributed by atoms with Crippen LogP contribution in [0, 0.1) is 0 Å². The first kappa shape index (κ1) is 15.5. The van der Waals surface area contributed by atoms with Crippen molar-refractivity contribution in [3.8, 4) is 22.3 Å². The monoisotopic (exact) mass is 340 g/mol. The highest BCUT2D eigenvalue weighted by Gasteiger charge is 2.41. The Bertz CT molecular complexity index is 1010. The van der Waals surface area contributed by atoms with Gasteiger partial charge in [0.15, 0.2) is 0 Å². The minimum atomic E-state index is -0.0459. The van der Waals surface area contributed by atoms with Gasteiger partial charge in [-0.3, -0.25) is 0 Å². The van der Waals surface area contributed by atoms with Crippen LogP contribution in [0.5, 0.6) is 0 Å². The molecule has 0 spiro atoms. The van der Waals surface area contributed by atoms with Crippen LogP contribution in [-0.2, 0) is 10.8 Å². The Balaban J connectivity index is 1.84. The fourth-order valence-corrected chi connectivity index (χ4v) is 5.00. The Labute approximate surface area is 154 Å². The zero-order valence-corrected chi connectivity index (χ0v) is 15.8. The molecule has 5 rings (SSSR count). The first-order valence-corrected chi connectivity index (χ1v) is 9.21. The average molecular weight is 340 g/mol. The fraction of sp³-hybridized carbons (Fsp3) is 0.250. The standard InChI is InChI=1S/C24H24N2/c1-23(2)19-9-13(25)5-7-15(19)17-12-22-18(11-21(17)23)16-8-6-14(26)10-20(16)24(22,3)4/h5-12H,25-26H2,1-4H3. The van der Waals surface area contributed by atoms with Gasteiger partial charge in [0.1, 0.15) is 0 Å². The third-order valence-electron chi connectivity index (χ3n) is 6.52. The summed E-state index contributed by atoms with van der Waals surface area (Å²) in [6.07, 6.45) is 0. The van der Waals surface area contributed by atoms with E-state index in [4.69, 9.17) is 11.5 Å². The molecule has 3 aromatic carbocycles. The summed E-state index contributed by atoms with van der Waals surface area (Å²) in [5.74, 6) is 0. The smallest absolute Gasteiger partial charge is 0.0317 e. The van der Waals surface area contributed by atoms with Gasteiger partial charge in [0.2, 0.25) is 0 Å². The number of nitrogen functional groups attached to an aromatic ring is 2. The summed E-state index contributed by atoms with van der Waals surface area (Å²) in [7, 11) is 0. The summed E-state index contributed by atoms with van der Waals surface area (Å²) < 4.78 is 0. The minimum Gasteiger partial charge on any atom is -0.399 e. The third-order valence-corrected chi connectivity index (χ3v) is 6.52. The molecule has 2 nitrogen and oxygen atoms in total. The van der Waals surface area contributed by atoms with Gasteiger partial charge >= 0.3 is 0 Å². The first-order chi connectivity index (χ1) is 12.2. The number of anilines is 2. The normalized spacial score (nSPS) is 17.4. The third kappa shape index (κ3) is 1.72. The highest BCUT2D eigenvalue weighted by Crippen LogP contribution is 2.56. The van der Waals surface area contributed by atoms with E-state index in [0.29, 0.717) is 0 Å². The Morgan fingerprint density at radius 3 is 1.23 bits per heavy atom. The summed E-state index contributed by atoms with van der Waals surface area (Å²) in [5.41, 5.74) is 24.5. The number of hydrogen-bond donors (Lipinski definition) is 2. The second-order valence-electron chi connectivity index (χ2n) is 8.80. The molecule has 0 aliphatic heterocycles. The van der Waals surface area contributed by atoms with E-state index in [0.717, 1.165) is 11.4 Å². The predicted octanol–water partition coefficient (Wildman–Crippen LogP) is 5.46. The molecule has 0 bridgehead atoms. The van der Waals surface area contributed by atoms with E-state index >= 15 is 0 Å². The number of fused-ring (bicyclic) bond motifs is 6. The molecule has 2 aliphatic carbocycles. The van der Waals surface area contributed by atoms with Crippen molar-refractivity contribution in [1.29, 1.82) is 0 Å². The Kier molecular flexibility index (Phi) is 2.69. The van der Waals surface area contributed by atoms with Gasteiger partial charge in [-0.2, -0.15) is 0 Å². The molecule has 0 unspecified atom stereocenters. The van der Waals surface area contributed by atoms with Crippen LogP contribution in [0.1, 0.15) is 49.9 Å². The van der Waals surface area contributed by atoms with E-state index in [1.807, 2.05) is 12.1 Å². The van der Waals surface area contributed by atoms with Crippen molar-refractivity contribution in [2.75, 3.05) is 11.5 Å². The van der Waals surface area contributed by atoms with E-state index in [1.165, 1.54) is 44.5 Å². The molecule has 2 heteroatoms. The summed E-state index contributed by atoms with van der Waals surface area (Å²) in [6, 6.07) is 17.5. The molecule has 130 valence electrons. The van der Waals surface area contributed by atoms with Gasteiger partial charge in [0.05, 0.1) is 0 Å². The lowest BCUT2D eigenvalue weighted by molar-refractivity contribution is 0.652. The van der Waals surface area contributed by atoms with Gasteiger partial charge in [-0.15, -0.1) is 0 Å². The second kappa shape index (κ2) is 4.50. The molecule has 0 saturated carbocycles. The van der Waals surface area contributed by atoms with E-state index in [1.54, 1.807) is 0 Å². The molecule has 0 saturated heterocycles. The highest BCUT2D eigenvalue weighted by molar-refractivity contribution is 5.90. The molecule has 0 aromatic heterocycles. The number of rotatable bonds is 0. The number of nitrogens with two attached hydrogens (primary N) is 2. The van der Waals surface area contributed by atoms with E-state index in [9.17, 15) is 0 Å².